The van der Waals surface area contributed by atoms with Crippen molar-refractivity contribution in [2.24, 2.45) is 11.3 Å². The number of aromatic nitrogens is 3. The third-order valence-corrected chi connectivity index (χ3v) is 7.52. The molecule has 41 heavy (non-hydrogen) atoms. The van der Waals surface area contributed by atoms with Crippen LogP contribution in [-0.2, 0) is 4.79 Å². The molecule has 1 saturated carbocycles. The molecule has 0 atom stereocenters. The van der Waals surface area contributed by atoms with Crippen LogP contribution >= 0.6 is 11.3 Å². The standard InChI is InChI=1S/C26H26B3N7O4S/c1-25(2)11-36(12-25)24(39)17-10-30-23(41-17)14-5-4-6-15(20(14)40-3)31-16-9-18(32-21(37)13-7-8-13)34-35-19(16)22(38)33-26(27,28)29/h4-6,9-10,13H,7-8,11-12H2,1-3H3,(H,33,38)(H2,31,32,34,37). The lowest BCUT2D eigenvalue weighted by molar-refractivity contribution is -0.117. The summed E-state index contributed by atoms with van der Waals surface area (Å²) in [5.74, 6) is -0.543. The van der Waals surface area contributed by atoms with Crippen LogP contribution in [0.2, 0.25) is 0 Å². The van der Waals surface area contributed by atoms with Crippen molar-refractivity contribution >= 4 is 69.8 Å². The number of benzene rings is 1. The molecule has 0 spiro atoms. The first-order valence-electron chi connectivity index (χ1n) is 12.9. The SMILES string of the molecule is [B]C([B])([B])NC(=O)c1nnc(NC(=O)C2CC2)cc1Nc1cccc(-c2ncc(C(=O)N3CC(C)(C)C3)s2)c1OC. The molecule has 1 aliphatic heterocycles. The van der Waals surface area contributed by atoms with Gasteiger partial charge in [0.1, 0.15) is 9.88 Å². The second-order valence-corrected chi connectivity index (χ2v) is 12.0. The number of likely N-dealkylation sites (tertiary alicyclic amines) is 1. The monoisotopic (exact) mass is 565 g/mol. The summed E-state index contributed by atoms with van der Waals surface area (Å²) in [6, 6.07) is 6.78. The Kier molecular flexibility index (Phi) is 7.58. The molecule has 3 amide bonds. The fraction of sp³-hybridized carbons (Fsp3) is 0.385. The fourth-order valence-corrected chi connectivity index (χ4v) is 5.40. The molecule has 3 aromatic rings. The van der Waals surface area contributed by atoms with Gasteiger partial charge in [0.2, 0.25) is 5.91 Å². The van der Waals surface area contributed by atoms with Gasteiger partial charge in [0.25, 0.3) is 11.8 Å². The summed E-state index contributed by atoms with van der Waals surface area (Å²) in [6.07, 6.45) is 3.18. The van der Waals surface area contributed by atoms with Crippen LogP contribution in [0, 0.1) is 11.3 Å². The van der Waals surface area contributed by atoms with E-state index in [1.165, 1.54) is 24.5 Å². The lowest BCUT2D eigenvalue weighted by Crippen LogP contribution is -2.55. The third-order valence-electron chi connectivity index (χ3n) is 6.50. The first-order chi connectivity index (χ1) is 19.3. The first kappa shape index (κ1) is 28.7. The van der Waals surface area contributed by atoms with Gasteiger partial charge in [-0.3, -0.25) is 14.4 Å². The van der Waals surface area contributed by atoms with Gasteiger partial charge < -0.3 is 25.6 Å². The van der Waals surface area contributed by atoms with Crippen LogP contribution < -0.4 is 20.7 Å². The Bertz CT molecular complexity index is 1510. The topological polar surface area (TPSA) is 138 Å². The number of ether oxygens (including phenoxy) is 1. The maximum Gasteiger partial charge on any atom is 0.272 e. The molecule has 204 valence electrons. The van der Waals surface area contributed by atoms with Crippen LogP contribution in [0.25, 0.3) is 10.6 Å². The quantitative estimate of drug-likeness (QED) is 0.336. The lowest BCUT2D eigenvalue weighted by atomic mass is 9.49. The van der Waals surface area contributed by atoms with E-state index in [-0.39, 0.29) is 40.3 Å². The number of anilines is 3. The zero-order valence-corrected chi connectivity index (χ0v) is 23.7. The number of nitrogens with one attached hydrogen (secondary N) is 3. The van der Waals surface area contributed by atoms with E-state index in [1.54, 1.807) is 23.2 Å². The fourth-order valence-electron chi connectivity index (χ4n) is 4.50. The van der Waals surface area contributed by atoms with Crippen LogP contribution in [0.1, 0.15) is 46.8 Å². The van der Waals surface area contributed by atoms with Crippen molar-refractivity contribution in [1.82, 2.24) is 25.4 Å². The van der Waals surface area contributed by atoms with Crippen molar-refractivity contribution in [2.75, 3.05) is 30.8 Å². The van der Waals surface area contributed by atoms with E-state index >= 15 is 0 Å². The van der Waals surface area contributed by atoms with Gasteiger partial charge in [-0.25, -0.2) is 4.98 Å². The predicted octanol–water partition coefficient (Wildman–Crippen LogP) is 2.03. The van der Waals surface area contributed by atoms with E-state index in [1.807, 2.05) is 6.07 Å². The van der Waals surface area contributed by atoms with Gasteiger partial charge in [0, 0.05) is 25.1 Å². The third kappa shape index (κ3) is 6.56. The second-order valence-electron chi connectivity index (χ2n) is 11.0. The molecule has 2 aliphatic rings. The van der Waals surface area contributed by atoms with Crippen LogP contribution in [0.5, 0.6) is 5.75 Å². The van der Waals surface area contributed by atoms with Gasteiger partial charge >= 0.3 is 0 Å². The van der Waals surface area contributed by atoms with Gasteiger partial charge in [0.05, 0.1) is 53.8 Å². The molecule has 15 heteroatoms. The number of para-hydroxylation sites is 1. The minimum atomic E-state index is -2.00. The van der Waals surface area contributed by atoms with Crippen LogP contribution in [0.3, 0.4) is 0 Å². The smallest absolute Gasteiger partial charge is 0.272 e. The van der Waals surface area contributed by atoms with E-state index in [2.05, 4.69) is 45.0 Å². The maximum atomic E-state index is 12.9. The minimum Gasteiger partial charge on any atom is -0.494 e. The molecule has 5 rings (SSSR count). The normalized spacial score (nSPS) is 15.9. The molecular weight excluding hydrogens is 539 g/mol. The number of hydrogen-bond acceptors (Lipinski definition) is 9. The van der Waals surface area contributed by atoms with Crippen LogP contribution in [0.15, 0.2) is 30.5 Å². The second kappa shape index (κ2) is 10.8. The van der Waals surface area contributed by atoms with E-state index < -0.39 is 11.1 Å². The van der Waals surface area contributed by atoms with Crippen molar-refractivity contribution < 1.29 is 19.1 Å². The summed E-state index contributed by atoms with van der Waals surface area (Å²) in [5.41, 5.74) is 1.21. The number of thiazole rings is 1. The van der Waals surface area contributed by atoms with Crippen molar-refractivity contribution in [3.8, 4) is 16.3 Å². The van der Waals surface area contributed by atoms with Gasteiger partial charge in [-0.15, -0.1) is 21.5 Å². The number of rotatable bonds is 9. The molecule has 1 aliphatic carbocycles. The number of nitrogens with zero attached hydrogens (tertiary/aromatic N) is 4. The minimum absolute atomic E-state index is 0.0589. The van der Waals surface area contributed by atoms with Gasteiger partial charge in [-0.05, 0) is 30.4 Å². The van der Waals surface area contributed by atoms with Gasteiger partial charge in [0.15, 0.2) is 17.3 Å². The van der Waals surface area contributed by atoms with E-state index in [0.717, 1.165) is 12.8 Å². The average molecular weight is 565 g/mol. The zero-order valence-electron chi connectivity index (χ0n) is 22.9. The predicted molar refractivity (Wildman–Crippen MR) is 158 cm³/mol. The number of hydrogen-bond donors (Lipinski definition) is 3. The summed E-state index contributed by atoms with van der Waals surface area (Å²) in [6.45, 7) is 5.63. The summed E-state index contributed by atoms with van der Waals surface area (Å²) >= 11 is 1.26. The molecule has 6 radical (unpaired) electrons. The molecule has 1 aromatic carbocycles. The van der Waals surface area contributed by atoms with Gasteiger partial charge in [-0.2, -0.15) is 0 Å². The molecule has 11 nitrogen and oxygen atoms in total. The Morgan fingerprint density at radius 2 is 1.85 bits per heavy atom. The molecule has 0 unspecified atom stereocenters. The molecule has 1 saturated heterocycles. The summed E-state index contributed by atoms with van der Waals surface area (Å²) < 4.78 is 5.74. The van der Waals surface area contributed by atoms with Crippen molar-refractivity contribution in [1.29, 1.82) is 0 Å². The van der Waals surface area contributed by atoms with Crippen molar-refractivity contribution in [3.05, 3.63) is 41.0 Å². The Hall–Kier alpha value is -3.87. The Morgan fingerprint density at radius 3 is 2.49 bits per heavy atom. The lowest BCUT2D eigenvalue weighted by Gasteiger charge is -2.45. The van der Waals surface area contributed by atoms with Crippen LogP contribution in [0.4, 0.5) is 17.2 Å². The highest BCUT2D eigenvalue weighted by atomic mass is 32.1. The number of carbonyl (C=O) groups is 3. The van der Waals surface area contributed by atoms with Crippen molar-refractivity contribution in [2.45, 2.75) is 31.9 Å². The summed E-state index contributed by atoms with van der Waals surface area (Å²) in [7, 11) is 18.2. The average Bonchev–Trinajstić information content (AvgIpc) is 3.62. The van der Waals surface area contributed by atoms with Gasteiger partial charge in [-0.1, -0.05) is 25.2 Å². The Balaban J connectivity index is 1.45. The number of methoxy groups -OCH3 is 1. The van der Waals surface area contributed by atoms with E-state index in [0.29, 0.717) is 40.0 Å². The largest absolute Gasteiger partial charge is 0.494 e. The highest BCUT2D eigenvalue weighted by Gasteiger charge is 2.38. The molecular formula is C26H26B3N7O4S. The number of amides is 3. The first-order valence-corrected chi connectivity index (χ1v) is 13.7. The summed E-state index contributed by atoms with van der Waals surface area (Å²) in [4.78, 5) is 45.0. The van der Waals surface area contributed by atoms with Crippen molar-refractivity contribution in [3.63, 3.8) is 0 Å². The molecule has 3 heterocycles. The Morgan fingerprint density at radius 1 is 1.12 bits per heavy atom. The van der Waals surface area contributed by atoms with E-state index in [9.17, 15) is 14.4 Å². The Labute approximate surface area is 245 Å². The number of carbonyl (C=O) groups excluding carboxylic acids is 3. The molecule has 3 N–H and O–H groups in total. The molecule has 0 bridgehead atoms. The summed E-state index contributed by atoms with van der Waals surface area (Å²) in [5, 5.41) is 14.6. The highest BCUT2D eigenvalue weighted by molar-refractivity contribution is 7.17. The molecule has 2 fully saturated rings. The zero-order chi connectivity index (χ0) is 29.5. The van der Waals surface area contributed by atoms with E-state index in [4.69, 9.17) is 28.3 Å². The maximum absolute atomic E-state index is 12.9. The highest BCUT2D eigenvalue weighted by Crippen LogP contribution is 2.41. The van der Waals surface area contributed by atoms with Crippen LogP contribution in [-0.4, -0.2) is 86.8 Å². The molecule has 2 aromatic heterocycles.